The van der Waals surface area contributed by atoms with Crippen LogP contribution in [0.2, 0.25) is 0 Å². The molecule has 0 saturated carbocycles. The van der Waals surface area contributed by atoms with E-state index in [9.17, 15) is 15.3 Å². The first-order chi connectivity index (χ1) is 13.3. The Bertz CT molecular complexity index is 1020. The van der Waals surface area contributed by atoms with Gasteiger partial charge in [-0.15, -0.1) is 11.3 Å². The number of nitrogens with zero attached hydrogens (tertiary/aromatic N) is 3. The fourth-order valence-electron chi connectivity index (χ4n) is 4.45. The molecule has 4 rings (SSSR count). The van der Waals surface area contributed by atoms with Crippen molar-refractivity contribution in [1.82, 2.24) is 0 Å². The summed E-state index contributed by atoms with van der Waals surface area (Å²) in [5.41, 5.74) is -0.0175. The third kappa shape index (κ3) is 2.44. The van der Waals surface area contributed by atoms with E-state index in [2.05, 4.69) is 12.1 Å². The molecule has 0 unspecified atom stereocenters. The fraction of sp³-hybridized carbons (Fsp3) is 0.348. The molecular weight excluding hydrogens is 366 g/mol. The van der Waals surface area contributed by atoms with Crippen LogP contribution in [-0.4, -0.2) is 17.9 Å². The van der Waals surface area contributed by atoms with Crippen LogP contribution in [0.25, 0.3) is 6.08 Å². The summed E-state index contributed by atoms with van der Waals surface area (Å²) in [4.78, 5) is 16.6. The summed E-state index contributed by atoms with van der Waals surface area (Å²) in [5, 5.41) is 22.4. The lowest BCUT2D eigenvalue weighted by Gasteiger charge is -2.37. The molecule has 1 fully saturated rings. The minimum Gasteiger partial charge on any atom is -0.351 e. The number of hydrogen-bond acceptors (Lipinski definition) is 5. The zero-order chi connectivity index (χ0) is 20.1. The highest BCUT2D eigenvalue weighted by atomic mass is 32.1. The summed E-state index contributed by atoms with van der Waals surface area (Å²) >= 11 is 1.51. The van der Waals surface area contributed by atoms with Gasteiger partial charge in [0.1, 0.15) is 0 Å². The lowest BCUT2D eigenvalue weighted by molar-refractivity contribution is -0.127. The third-order valence-corrected chi connectivity index (χ3v) is 6.73. The Hall–Kier alpha value is -2.89. The maximum Gasteiger partial charge on any atom is 0.177 e. The van der Waals surface area contributed by atoms with Crippen molar-refractivity contribution in [1.29, 1.82) is 10.5 Å². The molecule has 3 heterocycles. The number of carbonyl (C=O) groups excluding carboxylic acids is 1. The molecule has 0 spiro atoms. The molecule has 2 aliphatic rings. The van der Waals surface area contributed by atoms with Gasteiger partial charge >= 0.3 is 0 Å². The number of anilines is 1. The highest BCUT2D eigenvalue weighted by Crippen LogP contribution is 2.56. The second-order valence-electron chi connectivity index (χ2n) is 8.41. The first-order valence-electron chi connectivity index (χ1n) is 9.31. The summed E-state index contributed by atoms with van der Waals surface area (Å²) in [6.45, 7) is 5.71. The molecule has 4 nitrogen and oxygen atoms in total. The van der Waals surface area contributed by atoms with Crippen molar-refractivity contribution in [2.45, 2.75) is 38.8 Å². The van der Waals surface area contributed by atoms with Gasteiger partial charge in [0.05, 0.1) is 30.1 Å². The van der Waals surface area contributed by atoms with Crippen molar-refractivity contribution in [3.05, 3.63) is 58.3 Å². The average Bonchev–Trinajstić information content (AvgIpc) is 3.30. The number of hydrogen-bond donors (Lipinski definition) is 0. The first kappa shape index (κ1) is 18.5. The molecule has 0 N–H and O–H groups in total. The van der Waals surface area contributed by atoms with Crippen LogP contribution >= 0.6 is 11.3 Å². The van der Waals surface area contributed by atoms with Gasteiger partial charge in [-0.2, -0.15) is 10.5 Å². The van der Waals surface area contributed by atoms with Crippen LogP contribution in [0.5, 0.6) is 0 Å². The van der Waals surface area contributed by atoms with Gasteiger partial charge in [0.15, 0.2) is 11.2 Å². The Morgan fingerprint density at radius 2 is 1.86 bits per heavy atom. The zero-order valence-corrected chi connectivity index (χ0v) is 16.9. The molecule has 2 aromatic rings. The average molecular weight is 388 g/mol. The highest BCUT2D eigenvalue weighted by molar-refractivity contribution is 7.10. The number of para-hydroxylation sites is 1. The number of rotatable bonds is 2. The summed E-state index contributed by atoms with van der Waals surface area (Å²) in [7, 11) is 0. The molecule has 1 aromatic heterocycles. The van der Waals surface area contributed by atoms with Crippen molar-refractivity contribution >= 4 is 28.9 Å². The van der Waals surface area contributed by atoms with Gasteiger partial charge in [0, 0.05) is 16.0 Å². The number of carbonyl (C=O) groups is 1. The number of Topliss-reactive ketones (excluding diaryl/α,β-unsaturated/α-hetero) is 1. The summed E-state index contributed by atoms with van der Waals surface area (Å²) in [5.74, 6) is -0.455. The monoisotopic (exact) mass is 387 g/mol. The second-order valence-corrected chi connectivity index (χ2v) is 9.39. The van der Waals surface area contributed by atoms with Gasteiger partial charge in [-0.25, -0.2) is 0 Å². The molecule has 2 aliphatic heterocycles. The van der Waals surface area contributed by atoms with Gasteiger partial charge in [-0.1, -0.05) is 57.2 Å². The molecule has 28 heavy (non-hydrogen) atoms. The number of nitriles is 2. The molecule has 1 saturated heterocycles. The smallest absolute Gasteiger partial charge is 0.177 e. The first-order valence-corrected chi connectivity index (χ1v) is 10.2. The van der Waals surface area contributed by atoms with Crippen molar-refractivity contribution in [3.8, 4) is 12.1 Å². The molecule has 1 aromatic carbocycles. The Labute approximate surface area is 169 Å². The minimum absolute atomic E-state index is 0.0494. The summed E-state index contributed by atoms with van der Waals surface area (Å²) in [6.07, 6.45) is 3.89. The van der Waals surface area contributed by atoms with Crippen molar-refractivity contribution in [3.63, 3.8) is 0 Å². The minimum atomic E-state index is -1.33. The second kappa shape index (κ2) is 6.33. The Morgan fingerprint density at radius 3 is 2.46 bits per heavy atom. The van der Waals surface area contributed by atoms with Crippen LogP contribution in [0.1, 0.15) is 37.1 Å². The van der Waals surface area contributed by atoms with Crippen molar-refractivity contribution in [2.75, 3.05) is 4.90 Å². The predicted octanol–water partition coefficient (Wildman–Crippen LogP) is 4.76. The van der Waals surface area contributed by atoms with E-state index in [0.717, 1.165) is 16.1 Å². The van der Waals surface area contributed by atoms with Crippen molar-refractivity contribution in [2.24, 2.45) is 10.8 Å². The molecule has 0 aliphatic carbocycles. The van der Waals surface area contributed by atoms with E-state index >= 15 is 0 Å². The number of ketones is 1. The third-order valence-electron chi connectivity index (χ3n) is 5.77. The molecular formula is C23H21N3OS. The summed E-state index contributed by atoms with van der Waals surface area (Å²) in [6, 6.07) is 15.3. The Balaban J connectivity index is 2.02. The van der Waals surface area contributed by atoms with E-state index in [4.69, 9.17) is 0 Å². The molecule has 3 atom stereocenters. The van der Waals surface area contributed by atoms with E-state index in [-0.39, 0.29) is 5.78 Å². The van der Waals surface area contributed by atoms with Gasteiger partial charge in [-0.3, -0.25) is 4.79 Å². The predicted molar refractivity (Wildman–Crippen MR) is 111 cm³/mol. The molecule has 0 bridgehead atoms. The maximum absolute atomic E-state index is 13.7. The van der Waals surface area contributed by atoms with E-state index in [1.54, 1.807) is 0 Å². The van der Waals surface area contributed by atoms with Crippen LogP contribution in [0.15, 0.2) is 47.9 Å². The highest BCUT2D eigenvalue weighted by Gasteiger charge is 2.64. The SMILES string of the molecule is CC(C)(C)C(=O)[C@H]1[C@H](c2cccs2)C(C#N)(C#N)[C@H]2C=Cc3ccccc3N12. The normalized spacial score (nSPS) is 24.8. The standard InChI is InChI=1S/C23H21N3OS/c1-22(2,3)21(27)20-19(17-9-6-12-28-17)23(13-24,14-25)18-11-10-15-7-4-5-8-16(15)26(18)20/h4-12,18-20H,1-3H3/t18-,19+,20-/m1/s1. The quantitative estimate of drug-likeness (QED) is 0.745. The maximum atomic E-state index is 13.7. The van der Waals surface area contributed by atoms with Crippen LogP contribution in [0.4, 0.5) is 5.69 Å². The Morgan fingerprint density at radius 1 is 1.14 bits per heavy atom. The van der Waals surface area contributed by atoms with Gasteiger partial charge in [-0.05, 0) is 23.1 Å². The Kier molecular flexibility index (Phi) is 4.17. The topological polar surface area (TPSA) is 67.9 Å². The van der Waals surface area contributed by atoms with Crippen LogP contribution < -0.4 is 4.90 Å². The van der Waals surface area contributed by atoms with Gasteiger partial charge in [0.2, 0.25) is 0 Å². The van der Waals surface area contributed by atoms with Gasteiger partial charge < -0.3 is 4.90 Å². The number of fused-ring (bicyclic) bond motifs is 3. The largest absolute Gasteiger partial charge is 0.351 e. The van der Waals surface area contributed by atoms with Crippen LogP contribution in [0, 0.1) is 33.5 Å². The lowest BCUT2D eigenvalue weighted by Crippen LogP contribution is -2.47. The summed E-state index contributed by atoms with van der Waals surface area (Å²) < 4.78 is 0. The molecule has 5 heteroatoms. The lowest BCUT2D eigenvalue weighted by atomic mass is 9.70. The fourth-order valence-corrected chi connectivity index (χ4v) is 5.39. The van der Waals surface area contributed by atoms with E-state index in [1.165, 1.54) is 11.3 Å². The molecule has 0 radical (unpaired) electrons. The van der Waals surface area contributed by atoms with E-state index in [0.29, 0.717) is 0 Å². The number of benzene rings is 1. The molecule has 0 amide bonds. The molecule has 140 valence electrons. The van der Waals surface area contributed by atoms with Crippen LogP contribution in [-0.2, 0) is 4.79 Å². The van der Waals surface area contributed by atoms with E-state index in [1.807, 2.05) is 79.6 Å². The van der Waals surface area contributed by atoms with Crippen LogP contribution in [0.3, 0.4) is 0 Å². The van der Waals surface area contributed by atoms with E-state index < -0.39 is 28.8 Å². The number of thiophene rings is 1. The van der Waals surface area contributed by atoms with Crippen molar-refractivity contribution < 1.29 is 4.79 Å². The zero-order valence-electron chi connectivity index (χ0n) is 16.1. The van der Waals surface area contributed by atoms with Gasteiger partial charge in [0.25, 0.3) is 0 Å².